The highest BCUT2D eigenvalue weighted by atomic mass is 16.3. The predicted molar refractivity (Wildman–Crippen MR) is 84.9 cm³/mol. The Balaban J connectivity index is 2.48. The molecular weight excluding hydrogens is 282 g/mol. The highest BCUT2D eigenvalue weighted by Crippen LogP contribution is 2.39. The molecule has 0 saturated heterocycles. The van der Waals surface area contributed by atoms with Crippen LogP contribution in [0.1, 0.15) is 29.8 Å². The monoisotopic (exact) mass is 301 g/mol. The van der Waals surface area contributed by atoms with Crippen molar-refractivity contribution in [2.75, 3.05) is 18.0 Å². The van der Waals surface area contributed by atoms with Gasteiger partial charge in [0.15, 0.2) is 11.5 Å². The fourth-order valence-electron chi connectivity index (χ4n) is 2.38. The van der Waals surface area contributed by atoms with E-state index in [-0.39, 0.29) is 22.6 Å². The van der Waals surface area contributed by atoms with E-state index in [1.807, 2.05) is 18.7 Å². The Morgan fingerprint density at radius 3 is 2.14 bits per heavy atom. The zero-order valence-corrected chi connectivity index (χ0v) is 12.6. The maximum atomic E-state index is 12.4. The third-order valence-corrected chi connectivity index (χ3v) is 3.63. The Kier molecular flexibility index (Phi) is 4.56. The molecule has 0 saturated carbocycles. The van der Waals surface area contributed by atoms with Gasteiger partial charge in [0.25, 0.3) is 0 Å². The first-order chi connectivity index (χ1) is 10.5. The second-order valence-electron chi connectivity index (χ2n) is 4.85. The van der Waals surface area contributed by atoms with Crippen molar-refractivity contribution >= 4 is 11.5 Å². The van der Waals surface area contributed by atoms with E-state index in [1.54, 1.807) is 18.2 Å². The number of hydrogen-bond donors (Lipinski definition) is 3. The molecule has 0 aromatic heterocycles. The number of benzene rings is 2. The van der Waals surface area contributed by atoms with Gasteiger partial charge >= 0.3 is 0 Å². The Bertz CT molecular complexity index is 693. The lowest BCUT2D eigenvalue weighted by Gasteiger charge is -2.23. The fraction of sp³-hybridized carbons (Fsp3) is 0.235. The van der Waals surface area contributed by atoms with Crippen molar-refractivity contribution in [3.63, 3.8) is 0 Å². The summed E-state index contributed by atoms with van der Waals surface area (Å²) < 4.78 is 0. The minimum absolute atomic E-state index is 0.0464. The van der Waals surface area contributed by atoms with Crippen molar-refractivity contribution in [2.45, 2.75) is 13.8 Å². The van der Waals surface area contributed by atoms with Crippen molar-refractivity contribution in [3.8, 4) is 17.2 Å². The van der Waals surface area contributed by atoms with E-state index < -0.39 is 11.5 Å². The van der Waals surface area contributed by atoms with Gasteiger partial charge in [-0.3, -0.25) is 4.79 Å². The number of phenolic OH excluding ortho intramolecular Hbond substituents is 3. The van der Waals surface area contributed by atoms with Crippen LogP contribution in [-0.4, -0.2) is 34.2 Å². The molecule has 0 fully saturated rings. The Morgan fingerprint density at radius 1 is 0.909 bits per heavy atom. The van der Waals surface area contributed by atoms with Crippen LogP contribution in [-0.2, 0) is 0 Å². The molecule has 5 nitrogen and oxygen atoms in total. The maximum Gasteiger partial charge on any atom is 0.200 e. The lowest BCUT2D eigenvalue weighted by Crippen LogP contribution is -2.22. The number of carbonyl (C=O) groups is 1. The van der Waals surface area contributed by atoms with Crippen LogP contribution in [0.4, 0.5) is 5.69 Å². The van der Waals surface area contributed by atoms with Crippen LogP contribution in [0.2, 0.25) is 0 Å². The fourth-order valence-corrected chi connectivity index (χ4v) is 2.38. The van der Waals surface area contributed by atoms with Gasteiger partial charge in [0.05, 0.1) is 16.8 Å². The Labute approximate surface area is 129 Å². The molecule has 116 valence electrons. The normalized spacial score (nSPS) is 10.5. The summed E-state index contributed by atoms with van der Waals surface area (Å²) in [6.45, 7) is 5.19. The number of hydrogen-bond acceptors (Lipinski definition) is 5. The number of aromatic hydroxyl groups is 3. The number of ketones is 1. The molecule has 2 aromatic rings. The minimum atomic E-state index is -0.544. The summed E-state index contributed by atoms with van der Waals surface area (Å²) in [5.41, 5.74) is 0.499. The van der Waals surface area contributed by atoms with Crippen LogP contribution in [0.15, 0.2) is 36.4 Å². The summed E-state index contributed by atoms with van der Waals surface area (Å²) in [4.78, 5) is 14.3. The van der Waals surface area contributed by atoms with Crippen LogP contribution in [0.5, 0.6) is 17.2 Å². The number of anilines is 1. The molecule has 0 spiro atoms. The molecule has 0 aliphatic rings. The zero-order chi connectivity index (χ0) is 16.3. The molecule has 5 heteroatoms. The van der Waals surface area contributed by atoms with E-state index in [4.69, 9.17) is 0 Å². The van der Waals surface area contributed by atoms with E-state index in [0.29, 0.717) is 18.8 Å². The minimum Gasteiger partial charge on any atom is -0.507 e. The number of para-hydroxylation sites is 1. The zero-order valence-electron chi connectivity index (χ0n) is 12.6. The second-order valence-corrected chi connectivity index (χ2v) is 4.85. The lowest BCUT2D eigenvalue weighted by atomic mass is 10.0. The molecule has 0 bridgehead atoms. The SMILES string of the molecule is CCN(CC)c1ccc(C(=O)c2ccccc2O)c(O)c1O. The van der Waals surface area contributed by atoms with Crippen LogP contribution in [0.3, 0.4) is 0 Å². The van der Waals surface area contributed by atoms with Gasteiger partial charge in [-0.1, -0.05) is 12.1 Å². The Morgan fingerprint density at radius 2 is 1.55 bits per heavy atom. The highest BCUT2D eigenvalue weighted by molar-refractivity contribution is 6.13. The van der Waals surface area contributed by atoms with Gasteiger partial charge in [-0.15, -0.1) is 0 Å². The van der Waals surface area contributed by atoms with Gasteiger partial charge < -0.3 is 20.2 Å². The van der Waals surface area contributed by atoms with Crippen LogP contribution >= 0.6 is 0 Å². The molecule has 0 atom stereocenters. The van der Waals surface area contributed by atoms with Crippen LogP contribution < -0.4 is 4.90 Å². The summed E-state index contributed by atoms with van der Waals surface area (Å²) in [5, 5.41) is 30.1. The van der Waals surface area contributed by atoms with Crippen LogP contribution in [0, 0.1) is 0 Å². The largest absolute Gasteiger partial charge is 0.507 e. The molecule has 0 amide bonds. The van der Waals surface area contributed by atoms with Crippen molar-refractivity contribution < 1.29 is 20.1 Å². The van der Waals surface area contributed by atoms with E-state index in [9.17, 15) is 20.1 Å². The van der Waals surface area contributed by atoms with Gasteiger partial charge in [-0.25, -0.2) is 0 Å². The van der Waals surface area contributed by atoms with Gasteiger partial charge in [0.2, 0.25) is 5.78 Å². The molecule has 0 unspecified atom stereocenters. The number of nitrogens with zero attached hydrogens (tertiary/aromatic N) is 1. The van der Waals surface area contributed by atoms with Gasteiger partial charge in [-0.2, -0.15) is 0 Å². The molecule has 2 rings (SSSR count). The number of rotatable bonds is 5. The van der Waals surface area contributed by atoms with Gasteiger partial charge in [0, 0.05) is 13.1 Å². The summed E-state index contributed by atoms with van der Waals surface area (Å²) in [7, 11) is 0. The van der Waals surface area contributed by atoms with Crippen molar-refractivity contribution in [2.24, 2.45) is 0 Å². The Hall–Kier alpha value is -2.69. The lowest BCUT2D eigenvalue weighted by molar-refractivity contribution is 0.103. The molecule has 0 radical (unpaired) electrons. The predicted octanol–water partition coefficient (Wildman–Crippen LogP) is 2.88. The van der Waals surface area contributed by atoms with Gasteiger partial charge in [0.1, 0.15) is 5.75 Å². The van der Waals surface area contributed by atoms with Crippen molar-refractivity contribution in [1.29, 1.82) is 0 Å². The third kappa shape index (κ3) is 2.70. The summed E-state index contributed by atoms with van der Waals surface area (Å²) in [6, 6.07) is 9.13. The van der Waals surface area contributed by atoms with Crippen molar-refractivity contribution in [3.05, 3.63) is 47.5 Å². The second kappa shape index (κ2) is 6.39. The first-order valence-corrected chi connectivity index (χ1v) is 7.13. The average Bonchev–Trinajstić information content (AvgIpc) is 2.52. The smallest absolute Gasteiger partial charge is 0.200 e. The summed E-state index contributed by atoms with van der Waals surface area (Å²) in [5.74, 6) is -1.51. The standard InChI is InChI=1S/C17H19NO4/c1-3-18(4-2)13-10-9-12(16(21)17(13)22)15(20)11-7-5-6-8-14(11)19/h5-10,19,21-22H,3-4H2,1-2H3. The molecule has 0 heterocycles. The van der Waals surface area contributed by atoms with E-state index in [2.05, 4.69) is 0 Å². The molecule has 0 aliphatic carbocycles. The molecule has 2 aromatic carbocycles. The molecule has 22 heavy (non-hydrogen) atoms. The van der Waals surface area contributed by atoms with E-state index >= 15 is 0 Å². The highest BCUT2D eigenvalue weighted by Gasteiger charge is 2.22. The van der Waals surface area contributed by atoms with Gasteiger partial charge in [-0.05, 0) is 38.1 Å². The molecule has 3 N–H and O–H groups in total. The van der Waals surface area contributed by atoms with Crippen LogP contribution in [0.25, 0.3) is 0 Å². The van der Waals surface area contributed by atoms with Crippen molar-refractivity contribution in [1.82, 2.24) is 0 Å². The number of phenols is 3. The topological polar surface area (TPSA) is 81.0 Å². The maximum absolute atomic E-state index is 12.4. The van der Waals surface area contributed by atoms with E-state index in [0.717, 1.165) is 0 Å². The molecular formula is C17H19NO4. The third-order valence-electron chi connectivity index (χ3n) is 3.63. The summed E-state index contributed by atoms with van der Waals surface area (Å²) >= 11 is 0. The summed E-state index contributed by atoms with van der Waals surface area (Å²) in [6.07, 6.45) is 0. The van der Waals surface area contributed by atoms with E-state index in [1.165, 1.54) is 18.2 Å². The number of carbonyl (C=O) groups excluding carboxylic acids is 1. The quantitative estimate of drug-likeness (QED) is 0.584. The average molecular weight is 301 g/mol. The first-order valence-electron chi connectivity index (χ1n) is 7.13. The first kappa shape index (κ1) is 15.7. The molecule has 0 aliphatic heterocycles.